The second-order valence-electron chi connectivity index (χ2n) is 6.49. The standard InChI is InChI=1S/C20H20N2O5/c1-13-15(9-5-11-18(13)22(25)26)20(24)27-12-19(23)21-17-10-4-7-14-6-2-3-8-16(14)17/h2-3,5-6,8-9,11,17H,4,7,10,12H2,1H3,(H,21,23). The van der Waals surface area contributed by atoms with Crippen LogP contribution in [0.3, 0.4) is 0 Å². The van der Waals surface area contributed by atoms with Gasteiger partial charge in [-0.3, -0.25) is 14.9 Å². The van der Waals surface area contributed by atoms with E-state index in [0.717, 1.165) is 24.8 Å². The van der Waals surface area contributed by atoms with E-state index in [1.807, 2.05) is 18.2 Å². The van der Waals surface area contributed by atoms with E-state index in [1.54, 1.807) is 0 Å². The largest absolute Gasteiger partial charge is 0.452 e. The number of fused-ring (bicyclic) bond motifs is 1. The van der Waals surface area contributed by atoms with Gasteiger partial charge in [-0.1, -0.05) is 30.3 Å². The molecule has 3 rings (SSSR count). The summed E-state index contributed by atoms with van der Waals surface area (Å²) in [6, 6.07) is 12.1. The lowest BCUT2D eigenvalue weighted by Gasteiger charge is -2.26. The van der Waals surface area contributed by atoms with E-state index in [1.165, 1.54) is 30.7 Å². The number of nitro groups is 1. The molecule has 1 N–H and O–H groups in total. The van der Waals surface area contributed by atoms with Gasteiger partial charge < -0.3 is 10.1 Å². The van der Waals surface area contributed by atoms with Gasteiger partial charge in [0.2, 0.25) is 0 Å². The molecule has 1 aliphatic carbocycles. The SMILES string of the molecule is Cc1c(C(=O)OCC(=O)NC2CCCc3ccccc32)cccc1[N+](=O)[O-]. The van der Waals surface area contributed by atoms with Gasteiger partial charge in [-0.2, -0.15) is 0 Å². The highest BCUT2D eigenvalue weighted by molar-refractivity contribution is 5.93. The predicted molar refractivity (Wildman–Crippen MR) is 98.4 cm³/mol. The molecule has 0 radical (unpaired) electrons. The van der Waals surface area contributed by atoms with Crippen molar-refractivity contribution < 1.29 is 19.2 Å². The third-order valence-electron chi connectivity index (χ3n) is 4.76. The van der Waals surface area contributed by atoms with E-state index in [9.17, 15) is 19.7 Å². The molecule has 1 aliphatic rings. The Bertz CT molecular complexity index is 894. The number of carbonyl (C=O) groups is 2. The number of esters is 1. The Kier molecular flexibility index (Phi) is 5.49. The smallest absolute Gasteiger partial charge is 0.339 e. The van der Waals surface area contributed by atoms with Crippen molar-refractivity contribution in [3.63, 3.8) is 0 Å². The molecule has 1 unspecified atom stereocenters. The summed E-state index contributed by atoms with van der Waals surface area (Å²) in [7, 11) is 0. The summed E-state index contributed by atoms with van der Waals surface area (Å²) < 4.78 is 5.06. The number of nitrogens with one attached hydrogen (secondary N) is 1. The van der Waals surface area contributed by atoms with E-state index in [-0.39, 0.29) is 22.9 Å². The summed E-state index contributed by atoms with van der Waals surface area (Å²) in [5.41, 5.74) is 2.46. The number of ether oxygens (including phenoxy) is 1. The molecular formula is C20H20N2O5. The zero-order chi connectivity index (χ0) is 19.4. The Hall–Kier alpha value is -3.22. The van der Waals surface area contributed by atoms with Crippen LogP contribution in [0.4, 0.5) is 5.69 Å². The van der Waals surface area contributed by atoms with E-state index in [0.29, 0.717) is 0 Å². The van der Waals surface area contributed by atoms with E-state index >= 15 is 0 Å². The Morgan fingerprint density at radius 3 is 2.78 bits per heavy atom. The average Bonchev–Trinajstić information content (AvgIpc) is 2.66. The van der Waals surface area contributed by atoms with Crippen LogP contribution < -0.4 is 5.32 Å². The highest BCUT2D eigenvalue weighted by Crippen LogP contribution is 2.29. The van der Waals surface area contributed by atoms with Crippen LogP contribution in [-0.2, 0) is 16.0 Å². The fraction of sp³-hybridized carbons (Fsp3) is 0.300. The highest BCUT2D eigenvalue weighted by Gasteiger charge is 2.23. The van der Waals surface area contributed by atoms with Crippen LogP contribution in [0.2, 0.25) is 0 Å². The van der Waals surface area contributed by atoms with Crippen molar-refractivity contribution in [1.29, 1.82) is 0 Å². The molecule has 0 saturated carbocycles. The topological polar surface area (TPSA) is 98.5 Å². The Balaban J connectivity index is 1.61. The van der Waals surface area contributed by atoms with Gasteiger partial charge in [0.05, 0.1) is 16.5 Å². The highest BCUT2D eigenvalue weighted by atomic mass is 16.6. The maximum absolute atomic E-state index is 12.2. The number of carbonyl (C=O) groups excluding carboxylic acids is 2. The number of aryl methyl sites for hydroxylation is 1. The summed E-state index contributed by atoms with van der Waals surface area (Å²) >= 11 is 0. The number of amides is 1. The van der Waals surface area contributed by atoms with Gasteiger partial charge in [0.15, 0.2) is 6.61 Å². The van der Waals surface area contributed by atoms with Crippen LogP contribution in [0.25, 0.3) is 0 Å². The van der Waals surface area contributed by atoms with Crippen molar-refractivity contribution in [1.82, 2.24) is 5.32 Å². The molecule has 0 aliphatic heterocycles. The van der Waals surface area contributed by atoms with Crippen molar-refractivity contribution in [2.75, 3.05) is 6.61 Å². The van der Waals surface area contributed by atoms with Crippen molar-refractivity contribution in [2.45, 2.75) is 32.2 Å². The Morgan fingerprint density at radius 1 is 1.22 bits per heavy atom. The first kappa shape index (κ1) is 18.6. The average molecular weight is 368 g/mol. The van der Waals surface area contributed by atoms with Crippen molar-refractivity contribution in [2.24, 2.45) is 0 Å². The zero-order valence-corrected chi connectivity index (χ0v) is 14.9. The van der Waals surface area contributed by atoms with E-state index < -0.39 is 23.4 Å². The molecule has 0 bridgehead atoms. The van der Waals surface area contributed by atoms with Crippen LogP contribution in [0.15, 0.2) is 42.5 Å². The second-order valence-corrected chi connectivity index (χ2v) is 6.49. The molecule has 0 saturated heterocycles. The first-order valence-electron chi connectivity index (χ1n) is 8.75. The fourth-order valence-corrected chi connectivity index (χ4v) is 3.39. The third-order valence-corrected chi connectivity index (χ3v) is 4.76. The van der Waals surface area contributed by atoms with Gasteiger partial charge in [-0.15, -0.1) is 0 Å². The summed E-state index contributed by atoms with van der Waals surface area (Å²) in [6.45, 7) is 1.05. The number of hydrogen-bond donors (Lipinski definition) is 1. The number of nitrogens with zero attached hydrogens (tertiary/aromatic N) is 1. The van der Waals surface area contributed by atoms with Crippen LogP contribution in [0.5, 0.6) is 0 Å². The van der Waals surface area contributed by atoms with Crippen LogP contribution in [0.1, 0.15) is 45.9 Å². The molecule has 0 heterocycles. The number of rotatable bonds is 5. The molecule has 2 aromatic rings. The Labute approximate surface area is 156 Å². The van der Waals surface area contributed by atoms with E-state index in [4.69, 9.17) is 4.74 Å². The minimum atomic E-state index is -0.754. The summed E-state index contributed by atoms with van der Waals surface area (Å²) in [5.74, 6) is -1.15. The summed E-state index contributed by atoms with van der Waals surface area (Å²) in [4.78, 5) is 34.8. The normalized spacial score (nSPS) is 15.5. The molecule has 0 fully saturated rings. The van der Waals surface area contributed by atoms with Crippen molar-refractivity contribution >= 4 is 17.6 Å². The first-order chi connectivity index (χ1) is 13.0. The minimum absolute atomic E-state index is 0.0833. The van der Waals surface area contributed by atoms with Crippen LogP contribution >= 0.6 is 0 Å². The molecule has 27 heavy (non-hydrogen) atoms. The lowest BCUT2D eigenvalue weighted by atomic mass is 9.88. The molecular weight excluding hydrogens is 348 g/mol. The number of hydrogen-bond acceptors (Lipinski definition) is 5. The van der Waals surface area contributed by atoms with Gasteiger partial charge in [-0.05, 0) is 43.4 Å². The fourth-order valence-electron chi connectivity index (χ4n) is 3.39. The van der Waals surface area contributed by atoms with Crippen LogP contribution in [-0.4, -0.2) is 23.4 Å². The molecule has 1 amide bonds. The van der Waals surface area contributed by atoms with Crippen LogP contribution in [0, 0.1) is 17.0 Å². The van der Waals surface area contributed by atoms with Crippen molar-refractivity contribution in [3.05, 3.63) is 74.8 Å². The summed E-state index contributed by atoms with van der Waals surface area (Å²) in [5, 5.41) is 13.9. The zero-order valence-electron chi connectivity index (χ0n) is 14.9. The predicted octanol–water partition coefficient (Wildman–Crippen LogP) is 3.25. The van der Waals surface area contributed by atoms with Gasteiger partial charge in [0.1, 0.15) is 0 Å². The first-order valence-corrected chi connectivity index (χ1v) is 8.75. The molecule has 1 atom stereocenters. The van der Waals surface area contributed by atoms with E-state index in [2.05, 4.69) is 11.4 Å². The minimum Gasteiger partial charge on any atom is -0.452 e. The molecule has 0 spiro atoms. The van der Waals surface area contributed by atoms with Gasteiger partial charge in [0, 0.05) is 11.6 Å². The van der Waals surface area contributed by atoms with Gasteiger partial charge in [-0.25, -0.2) is 4.79 Å². The second kappa shape index (κ2) is 7.99. The maximum Gasteiger partial charge on any atom is 0.339 e. The molecule has 7 heteroatoms. The maximum atomic E-state index is 12.2. The van der Waals surface area contributed by atoms with Gasteiger partial charge >= 0.3 is 5.97 Å². The van der Waals surface area contributed by atoms with Gasteiger partial charge in [0.25, 0.3) is 11.6 Å². The lowest BCUT2D eigenvalue weighted by molar-refractivity contribution is -0.385. The molecule has 7 nitrogen and oxygen atoms in total. The Morgan fingerprint density at radius 2 is 2.00 bits per heavy atom. The molecule has 2 aromatic carbocycles. The van der Waals surface area contributed by atoms with Crippen molar-refractivity contribution in [3.8, 4) is 0 Å². The molecule has 0 aromatic heterocycles. The number of nitro benzene ring substituents is 1. The molecule has 140 valence electrons. The number of benzene rings is 2. The third kappa shape index (κ3) is 4.13. The lowest BCUT2D eigenvalue weighted by Crippen LogP contribution is -2.34. The summed E-state index contributed by atoms with van der Waals surface area (Å²) in [6.07, 6.45) is 2.80. The quantitative estimate of drug-likeness (QED) is 0.496. The monoisotopic (exact) mass is 368 g/mol.